The van der Waals surface area contributed by atoms with Gasteiger partial charge in [-0.1, -0.05) is 29.8 Å². The Labute approximate surface area is 198 Å². The molecule has 0 bridgehead atoms. The Morgan fingerprint density at radius 3 is 2.24 bits per heavy atom. The number of fused-ring (bicyclic) bond motifs is 1. The second-order valence-corrected chi connectivity index (χ2v) is 9.38. The predicted molar refractivity (Wildman–Crippen MR) is 137 cm³/mol. The molecule has 0 aliphatic carbocycles. The fraction of sp³-hybridized carbons (Fsp3) is 0.222. The number of benzene rings is 3. The SMILES string of the molecule is Cc1ccc(NC(=O)CSC2=Nc3cc(C)c(C)cc3N=C(c3ccc(F)cc3)C2)c(C)c1. The second kappa shape index (κ2) is 9.71. The number of aliphatic imine (C=N–C) groups is 2. The van der Waals surface area contributed by atoms with Crippen molar-refractivity contribution in [3.8, 4) is 0 Å². The third kappa shape index (κ3) is 5.57. The highest BCUT2D eigenvalue weighted by Crippen LogP contribution is 2.36. The van der Waals surface area contributed by atoms with Gasteiger partial charge in [0.15, 0.2) is 0 Å². The molecule has 1 aliphatic heterocycles. The van der Waals surface area contributed by atoms with Crippen molar-refractivity contribution >= 4 is 45.5 Å². The van der Waals surface area contributed by atoms with Gasteiger partial charge in [-0.15, -0.1) is 11.8 Å². The van der Waals surface area contributed by atoms with Gasteiger partial charge in [0.2, 0.25) is 5.91 Å². The lowest BCUT2D eigenvalue weighted by Gasteiger charge is -2.10. The summed E-state index contributed by atoms with van der Waals surface area (Å²) >= 11 is 1.41. The quantitative estimate of drug-likeness (QED) is 0.457. The molecule has 1 heterocycles. The molecular formula is C27H26FN3OS. The molecule has 4 nitrogen and oxygen atoms in total. The minimum Gasteiger partial charge on any atom is -0.325 e. The fourth-order valence-electron chi connectivity index (χ4n) is 3.65. The van der Waals surface area contributed by atoms with E-state index in [0.717, 1.165) is 55.6 Å². The molecule has 6 heteroatoms. The predicted octanol–water partition coefficient (Wildman–Crippen LogP) is 6.99. The number of thioether (sulfide) groups is 1. The first-order chi connectivity index (χ1) is 15.8. The Balaban J connectivity index is 1.58. The maximum absolute atomic E-state index is 13.5. The van der Waals surface area contributed by atoms with Crippen molar-refractivity contribution in [2.45, 2.75) is 34.1 Å². The number of rotatable bonds is 4. The molecule has 3 aromatic carbocycles. The molecule has 1 aliphatic rings. The summed E-state index contributed by atoms with van der Waals surface area (Å²) in [6.07, 6.45) is 0.472. The van der Waals surface area contributed by atoms with Crippen LogP contribution in [-0.4, -0.2) is 22.4 Å². The molecule has 0 saturated heterocycles. The van der Waals surface area contributed by atoms with Gasteiger partial charge in [0.25, 0.3) is 0 Å². The summed E-state index contributed by atoms with van der Waals surface area (Å²) in [5.41, 5.74) is 8.49. The van der Waals surface area contributed by atoms with Crippen LogP contribution in [-0.2, 0) is 4.79 Å². The molecule has 0 radical (unpaired) electrons. The number of nitrogens with one attached hydrogen (secondary N) is 1. The van der Waals surface area contributed by atoms with Gasteiger partial charge in [0, 0.05) is 12.1 Å². The van der Waals surface area contributed by atoms with Crippen LogP contribution in [0, 0.1) is 33.5 Å². The zero-order chi connectivity index (χ0) is 23.5. The molecule has 33 heavy (non-hydrogen) atoms. The van der Waals surface area contributed by atoms with Crippen LogP contribution in [0.15, 0.2) is 64.6 Å². The average Bonchev–Trinajstić information content (AvgIpc) is 2.94. The first kappa shape index (κ1) is 22.9. The smallest absolute Gasteiger partial charge is 0.234 e. The number of nitrogens with zero attached hydrogens (tertiary/aromatic N) is 2. The number of amides is 1. The number of carbonyl (C=O) groups is 1. The van der Waals surface area contributed by atoms with Gasteiger partial charge >= 0.3 is 0 Å². The van der Waals surface area contributed by atoms with E-state index < -0.39 is 0 Å². The van der Waals surface area contributed by atoms with Crippen LogP contribution in [0.3, 0.4) is 0 Å². The van der Waals surface area contributed by atoms with Crippen LogP contribution in [0.2, 0.25) is 0 Å². The van der Waals surface area contributed by atoms with Crippen molar-refractivity contribution in [1.29, 1.82) is 0 Å². The highest BCUT2D eigenvalue weighted by Gasteiger charge is 2.18. The number of hydrogen-bond donors (Lipinski definition) is 1. The van der Waals surface area contributed by atoms with Crippen LogP contribution in [0.25, 0.3) is 0 Å². The summed E-state index contributed by atoms with van der Waals surface area (Å²) in [4.78, 5) is 22.4. The van der Waals surface area contributed by atoms with E-state index in [1.54, 1.807) is 12.1 Å². The topological polar surface area (TPSA) is 53.8 Å². The van der Waals surface area contributed by atoms with Gasteiger partial charge in [-0.05, 0) is 80.3 Å². The normalized spacial score (nSPS) is 13.0. The lowest BCUT2D eigenvalue weighted by atomic mass is 10.1. The third-order valence-electron chi connectivity index (χ3n) is 5.61. The summed E-state index contributed by atoms with van der Waals surface area (Å²) in [5.74, 6) is -0.131. The van der Waals surface area contributed by atoms with E-state index in [0.29, 0.717) is 6.42 Å². The average molecular weight is 460 g/mol. The monoisotopic (exact) mass is 459 g/mol. The molecule has 0 saturated carbocycles. The first-order valence-electron chi connectivity index (χ1n) is 10.8. The highest BCUT2D eigenvalue weighted by molar-refractivity contribution is 8.14. The van der Waals surface area contributed by atoms with Crippen LogP contribution < -0.4 is 5.32 Å². The fourth-order valence-corrected chi connectivity index (χ4v) is 4.42. The van der Waals surface area contributed by atoms with Crippen molar-refractivity contribution in [1.82, 2.24) is 0 Å². The second-order valence-electron chi connectivity index (χ2n) is 8.33. The van der Waals surface area contributed by atoms with E-state index in [4.69, 9.17) is 9.98 Å². The first-order valence-corrected chi connectivity index (χ1v) is 11.8. The largest absolute Gasteiger partial charge is 0.325 e. The number of anilines is 1. The Morgan fingerprint density at radius 2 is 1.58 bits per heavy atom. The van der Waals surface area contributed by atoms with Gasteiger partial charge < -0.3 is 5.32 Å². The van der Waals surface area contributed by atoms with Crippen molar-refractivity contribution < 1.29 is 9.18 Å². The summed E-state index contributed by atoms with van der Waals surface area (Å²) in [5, 5.41) is 3.79. The van der Waals surface area contributed by atoms with Gasteiger partial charge in [-0.25, -0.2) is 9.38 Å². The van der Waals surface area contributed by atoms with Gasteiger partial charge in [-0.3, -0.25) is 9.79 Å². The van der Waals surface area contributed by atoms with Crippen LogP contribution in [0.4, 0.5) is 21.5 Å². The molecule has 0 unspecified atom stereocenters. The molecule has 1 N–H and O–H groups in total. The summed E-state index contributed by atoms with van der Waals surface area (Å²) in [6.45, 7) is 8.10. The number of halogens is 1. The molecule has 0 fully saturated rings. The number of hydrogen-bond acceptors (Lipinski definition) is 4. The molecule has 0 spiro atoms. The number of aryl methyl sites for hydroxylation is 4. The van der Waals surface area contributed by atoms with Crippen molar-refractivity contribution in [2.24, 2.45) is 9.98 Å². The molecule has 0 aromatic heterocycles. The van der Waals surface area contributed by atoms with Crippen LogP contribution in [0.5, 0.6) is 0 Å². The van der Waals surface area contributed by atoms with E-state index in [9.17, 15) is 9.18 Å². The maximum Gasteiger partial charge on any atom is 0.234 e. The van der Waals surface area contributed by atoms with Crippen molar-refractivity contribution in [3.63, 3.8) is 0 Å². The zero-order valence-electron chi connectivity index (χ0n) is 19.2. The van der Waals surface area contributed by atoms with Gasteiger partial charge in [-0.2, -0.15) is 0 Å². The van der Waals surface area contributed by atoms with Gasteiger partial charge in [0.1, 0.15) is 5.82 Å². The lowest BCUT2D eigenvalue weighted by Crippen LogP contribution is -2.17. The summed E-state index contributed by atoms with van der Waals surface area (Å²) in [6, 6.07) is 16.3. The molecule has 0 atom stereocenters. The minimum absolute atomic E-state index is 0.0838. The maximum atomic E-state index is 13.5. The molecule has 168 valence electrons. The Bertz CT molecular complexity index is 1280. The Hall–Kier alpha value is -3.25. The van der Waals surface area contributed by atoms with Crippen LogP contribution in [0.1, 0.15) is 34.2 Å². The summed E-state index contributed by atoms with van der Waals surface area (Å²) in [7, 11) is 0. The summed E-state index contributed by atoms with van der Waals surface area (Å²) < 4.78 is 13.5. The van der Waals surface area contributed by atoms with E-state index >= 15 is 0 Å². The molecule has 3 aromatic rings. The Morgan fingerprint density at radius 1 is 0.909 bits per heavy atom. The molecule has 4 rings (SSSR count). The zero-order valence-corrected chi connectivity index (χ0v) is 20.0. The minimum atomic E-state index is -0.286. The van der Waals surface area contributed by atoms with E-state index in [1.165, 1.54) is 23.9 Å². The standard InChI is InChI=1S/C27H26FN3OS/c1-16-5-10-22(19(4)11-16)30-26(32)15-33-27-14-23(20-6-8-21(28)9-7-20)29-24-12-17(2)18(3)13-25(24)31-27/h5-13H,14-15H2,1-4H3,(H,30,32). The van der Waals surface area contributed by atoms with Gasteiger partial charge in [0.05, 0.1) is 27.9 Å². The van der Waals surface area contributed by atoms with E-state index in [-0.39, 0.29) is 17.5 Å². The third-order valence-corrected chi connectivity index (χ3v) is 6.59. The molecular weight excluding hydrogens is 433 g/mol. The molecule has 1 amide bonds. The Kier molecular flexibility index (Phi) is 6.75. The lowest BCUT2D eigenvalue weighted by molar-refractivity contribution is -0.113. The van der Waals surface area contributed by atoms with Crippen LogP contribution >= 0.6 is 11.8 Å². The number of carbonyl (C=O) groups excluding carboxylic acids is 1. The van der Waals surface area contributed by atoms with E-state index in [2.05, 4.69) is 5.32 Å². The van der Waals surface area contributed by atoms with E-state index in [1.807, 2.05) is 58.0 Å². The van der Waals surface area contributed by atoms with Crippen molar-refractivity contribution in [3.05, 3.63) is 88.2 Å². The highest BCUT2D eigenvalue weighted by atomic mass is 32.2. The van der Waals surface area contributed by atoms with Crippen molar-refractivity contribution in [2.75, 3.05) is 11.1 Å².